The molecule has 0 N–H and O–H groups in total. The number of rotatable bonds is 7. The molecule has 22 heavy (non-hydrogen) atoms. The largest absolute Gasteiger partial charge is 0.378 e. The van der Waals surface area contributed by atoms with Crippen LogP contribution in [0.25, 0.3) is 0 Å². The van der Waals surface area contributed by atoms with E-state index in [2.05, 4.69) is 4.98 Å². The molecule has 0 aliphatic carbocycles. The molecule has 0 spiro atoms. The van der Waals surface area contributed by atoms with Gasteiger partial charge in [-0.3, -0.25) is 4.98 Å². The lowest BCUT2D eigenvalue weighted by molar-refractivity contribution is 0.108. The van der Waals surface area contributed by atoms with Crippen LogP contribution in [-0.2, 0) is 14.8 Å². The first kappa shape index (κ1) is 17.4. The van der Waals surface area contributed by atoms with Gasteiger partial charge in [0.05, 0.1) is 17.9 Å². The van der Waals surface area contributed by atoms with Crippen LogP contribution >= 0.6 is 0 Å². The molecule has 6 heteroatoms. The van der Waals surface area contributed by atoms with E-state index in [9.17, 15) is 8.42 Å². The van der Waals surface area contributed by atoms with E-state index in [-0.39, 0.29) is 23.8 Å². The summed E-state index contributed by atoms with van der Waals surface area (Å²) in [6.45, 7) is 4.82. The molecule has 1 fully saturated rings. The van der Waals surface area contributed by atoms with Crippen molar-refractivity contribution in [1.82, 2.24) is 9.29 Å². The molecule has 0 saturated carbocycles. The Hall–Kier alpha value is -0.980. The molecule has 0 radical (unpaired) electrons. The molecule has 2 atom stereocenters. The molecular formula is C16H26N2O3S. The van der Waals surface area contributed by atoms with Gasteiger partial charge < -0.3 is 4.74 Å². The Morgan fingerprint density at radius 3 is 2.77 bits per heavy atom. The fourth-order valence-electron chi connectivity index (χ4n) is 3.04. The van der Waals surface area contributed by atoms with Gasteiger partial charge in [0.25, 0.3) is 0 Å². The number of ether oxygens (including phenoxy) is 1. The van der Waals surface area contributed by atoms with Crippen LogP contribution in [0.1, 0.15) is 44.7 Å². The molecule has 0 bridgehead atoms. The summed E-state index contributed by atoms with van der Waals surface area (Å²) >= 11 is 0. The van der Waals surface area contributed by atoms with Gasteiger partial charge in [-0.25, -0.2) is 8.42 Å². The van der Waals surface area contributed by atoms with Crippen LogP contribution in [-0.4, -0.2) is 43.2 Å². The highest BCUT2D eigenvalue weighted by Crippen LogP contribution is 2.29. The maximum atomic E-state index is 12.7. The Balaban J connectivity index is 2.09. The predicted octanol–water partition coefficient (Wildman–Crippen LogP) is 2.61. The van der Waals surface area contributed by atoms with Crippen molar-refractivity contribution in [1.29, 1.82) is 0 Å². The van der Waals surface area contributed by atoms with Gasteiger partial charge in [-0.2, -0.15) is 4.31 Å². The van der Waals surface area contributed by atoms with Crippen molar-refractivity contribution in [3.63, 3.8) is 0 Å². The molecule has 124 valence electrons. The predicted molar refractivity (Wildman–Crippen MR) is 87.0 cm³/mol. The average molecular weight is 326 g/mol. The molecular weight excluding hydrogens is 300 g/mol. The molecule has 1 aliphatic rings. The Morgan fingerprint density at radius 2 is 2.23 bits per heavy atom. The number of sulfonamides is 1. The normalized spacial score (nSPS) is 20.7. The Labute approximate surface area is 133 Å². The van der Waals surface area contributed by atoms with E-state index in [4.69, 9.17) is 4.74 Å². The highest BCUT2D eigenvalue weighted by atomic mass is 32.2. The van der Waals surface area contributed by atoms with Crippen molar-refractivity contribution in [2.75, 3.05) is 19.4 Å². The number of pyridine rings is 1. The van der Waals surface area contributed by atoms with Crippen LogP contribution in [0.2, 0.25) is 0 Å². The van der Waals surface area contributed by atoms with Crippen molar-refractivity contribution in [3.8, 4) is 0 Å². The molecule has 1 aromatic rings. The summed E-state index contributed by atoms with van der Waals surface area (Å²) in [6.07, 6.45) is 6.12. The van der Waals surface area contributed by atoms with Crippen molar-refractivity contribution >= 4 is 10.0 Å². The maximum absolute atomic E-state index is 12.7. The fraction of sp³-hybridized carbons (Fsp3) is 0.688. The molecule has 0 unspecified atom stereocenters. The minimum atomic E-state index is -3.31. The monoisotopic (exact) mass is 326 g/mol. The van der Waals surface area contributed by atoms with E-state index >= 15 is 0 Å². The molecule has 1 aliphatic heterocycles. The van der Waals surface area contributed by atoms with E-state index in [1.165, 1.54) is 4.31 Å². The lowest BCUT2D eigenvalue weighted by Gasteiger charge is -2.31. The molecule has 1 aromatic heterocycles. The second-order valence-electron chi connectivity index (χ2n) is 6.23. The first-order chi connectivity index (χ1) is 10.4. The standard InChI is InChI=1S/C16H26N2O3S/c1-13(2)16(14-6-4-9-17-12-14)18(3)22(19,20)11-8-15-7-5-10-21-15/h4,6,9,12-13,15-16H,5,7-8,10-11H2,1-3H3/t15-,16-/m0/s1. The second kappa shape index (κ2) is 7.53. The number of aromatic nitrogens is 1. The third-order valence-electron chi connectivity index (χ3n) is 4.21. The number of nitrogens with zero attached hydrogens (tertiary/aromatic N) is 2. The zero-order chi connectivity index (χ0) is 16.2. The maximum Gasteiger partial charge on any atom is 0.214 e. The van der Waals surface area contributed by atoms with Crippen LogP contribution < -0.4 is 0 Å². The van der Waals surface area contributed by atoms with Crippen LogP contribution in [0.4, 0.5) is 0 Å². The minimum absolute atomic E-state index is 0.0964. The van der Waals surface area contributed by atoms with Crippen LogP contribution in [0.3, 0.4) is 0 Å². The van der Waals surface area contributed by atoms with Crippen LogP contribution in [0.5, 0.6) is 0 Å². The zero-order valence-corrected chi connectivity index (χ0v) is 14.4. The first-order valence-electron chi connectivity index (χ1n) is 7.89. The molecule has 2 rings (SSSR count). The lowest BCUT2D eigenvalue weighted by Crippen LogP contribution is -2.36. The molecule has 5 nitrogen and oxygen atoms in total. The van der Waals surface area contributed by atoms with Gasteiger partial charge in [-0.1, -0.05) is 19.9 Å². The second-order valence-corrected chi connectivity index (χ2v) is 8.38. The fourth-order valence-corrected chi connectivity index (χ4v) is 4.59. The minimum Gasteiger partial charge on any atom is -0.378 e. The highest BCUT2D eigenvalue weighted by molar-refractivity contribution is 7.89. The zero-order valence-electron chi connectivity index (χ0n) is 13.6. The Kier molecular flexibility index (Phi) is 5.94. The smallest absolute Gasteiger partial charge is 0.214 e. The van der Waals surface area contributed by atoms with Crippen molar-refractivity contribution in [3.05, 3.63) is 30.1 Å². The van der Waals surface area contributed by atoms with Crippen molar-refractivity contribution < 1.29 is 13.2 Å². The van der Waals surface area contributed by atoms with Crippen molar-refractivity contribution in [2.24, 2.45) is 5.92 Å². The van der Waals surface area contributed by atoms with Gasteiger partial charge in [-0.15, -0.1) is 0 Å². The summed E-state index contributed by atoms with van der Waals surface area (Å²) in [5.41, 5.74) is 0.931. The quantitative estimate of drug-likeness (QED) is 0.773. The highest BCUT2D eigenvalue weighted by Gasteiger charge is 2.30. The van der Waals surface area contributed by atoms with Crippen molar-refractivity contribution in [2.45, 2.75) is 45.3 Å². The van der Waals surface area contributed by atoms with Gasteiger partial charge in [0.1, 0.15) is 0 Å². The Bertz CT molecular complexity index is 554. The summed E-state index contributed by atoms with van der Waals surface area (Å²) < 4.78 is 32.3. The third-order valence-corrected chi connectivity index (χ3v) is 6.07. The van der Waals surface area contributed by atoms with Gasteiger partial charge in [0.15, 0.2) is 0 Å². The first-order valence-corrected chi connectivity index (χ1v) is 9.50. The Morgan fingerprint density at radius 1 is 1.45 bits per heavy atom. The molecule has 0 amide bonds. The summed E-state index contributed by atoms with van der Waals surface area (Å²) in [6, 6.07) is 3.59. The summed E-state index contributed by atoms with van der Waals surface area (Å²) in [7, 11) is -1.65. The van der Waals surface area contributed by atoms with E-state index in [0.29, 0.717) is 6.42 Å². The topological polar surface area (TPSA) is 59.5 Å². The van der Waals surface area contributed by atoms with Crippen LogP contribution in [0.15, 0.2) is 24.5 Å². The van der Waals surface area contributed by atoms with E-state index in [0.717, 1.165) is 25.0 Å². The number of hydrogen-bond acceptors (Lipinski definition) is 4. The van der Waals surface area contributed by atoms with Crippen LogP contribution in [0, 0.1) is 5.92 Å². The third kappa shape index (κ3) is 4.27. The number of hydrogen-bond donors (Lipinski definition) is 0. The van der Waals surface area contributed by atoms with Gasteiger partial charge in [0.2, 0.25) is 10.0 Å². The SMILES string of the molecule is CC(C)[C@@H](c1cccnc1)N(C)S(=O)(=O)CC[C@@H]1CCCO1. The summed E-state index contributed by atoms with van der Waals surface area (Å²) in [5.74, 6) is 0.309. The summed E-state index contributed by atoms with van der Waals surface area (Å²) in [5, 5.41) is 0. The van der Waals surface area contributed by atoms with E-state index in [1.807, 2.05) is 26.0 Å². The molecule has 2 heterocycles. The van der Waals surface area contributed by atoms with Gasteiger partial charge in [-0.05, 0) is 36.8 Å². The molecule has 1 saturated heterocycles. The average Bonchev–Trinajstić information content (AvgIpc) is 2.99. The van der Waals surface area contributed by atoms with E-state index < -0.39 is 10.0 Å². The van der Waals surface area contributed by atoms with E-state index in [1.54, 1.807) is 19.4 Å². The van der Waals surface area contributed by atoms with Gasteiger partial charge >= 0.3 is 0 Å². The lowest BCUT2D eigenvalue weighted by atomic mass is 9.98. The summed E-state index contributed by atoms with van der Waals surface area (Å²) in [4.78, 5) is 4.12. The molecule has 0 aromatic carbocycles. The van der Waals surface area contributed by atoms with Gasteiger partial charge in [0, 0.05) is 26.0 Å².